The van der Waals surface area contributed by atoms with E-state index in [1.54, 1.807) is 0 Å². The lowest BCUT2D eigenvalue weighted by atomic mass is 9.75. The van der Waals surface area contributed by atoms with E-state index < -0.39 is 13.4 Å². The molecule has 38 heavy (non-hydrogen) atoms. The topological polar surface area (TPSA) is 47.6 Å². The highest BCUT2D eigenvalue weighted by Gasteiger charge is 2.47. The molecule has 0 heterocycles. The maximum absolute atomic E-state index is 15.5. The fourth-order valence-electron chi connectivity index (χ4n) is 6.67. The van der Waals surface area contributed by atoms with Gasteiger partial charge >= 0.3 is 7.60 Å². The monoisotopic (exact) mass is 539 g/mol. The summed E-state index contributed by atoms with van der Waals surface area (Å²) in [5.41, 5.74) is 1.86. The third-order valence-corrected chi connectivity index (χ3v) is 11.2. The summed E-state index contributed by atoms with van der Waals surface area (Å²) in [4.78, 5) is 0. The number of benzene rings is 2. The Morgan fingerprint density at radius 2 is 1.16 bits per heavy atom. The van der Waals surface area contributed by atoms with Crippen LogP contribution in [0.25, 0.3) is 0 Å². The molecule has 0 amide bonds. The molecule has 0 bridgehead atoms. The number of hydrogen-bond acceptors (Lipinski definition) is 4. The molecule has 1 unspecified atom stereocenters. The SMILES string of the molecule is CC(C)[C@H]1CC[C@@H](C)C[C@H]1OP(=O)(O[C@@H]1C[C@@H](C)CC[C@@H]1C(C)C)[C@H](Nc1ccccc1)c1ccccc1. The Morgan fingerprint density at radius 3 is 1.61 bits per heavy atom. The molecule has 0 radical (unpaired) electrons. The summed E-state index contributed by atoms with van der Waals surface area (Å²) < 4.78 is 29.4. The smallest absolute Gasteiger partial charge is 0.357 e. The van der Waals surface area contributed by atoms with E-state index >= 15 is 4.57 Å². The Bertz CT molecular complexity index is 989. The van der Waals surface area contributed by atoms with E-state index in [9.17, 15) is 0 Å². The molecular weight excluding hydrogens is 489 g/mol. The van der Waals surface area contributed by atoms with Crippen LogP contribution in [0.1, 0.15) is 91.4 Å². The molecule has 0 aromatic heterocycles. The van der Waals surface area contributed by atoms with Crippen molar-refractivity contribution in [3.8, 4) is 0 Å². The molecule has 4 nitrogen and oxygen atoms in total. The Hall–Kier alpha value is -1.61. The Morgan fingerprint density at radius 1 is 0.711 bits per heavy atom. The van der Waals surface area contributed by atoms with Gasteiger partial charge in [-0.05, 0) is 78.9 Å². The third kappa shape index (κ3) is 7.32. The van der Waals surface area contributed by atoms with Gasteiger partial charge in [0.15, 0.2) is 5.78 Å². The molecule has 5 heteroatoms. The zero-order chi connectivity index (χ0) is 27.3. The van der Waals surface area contributed by atoms with Gasteiger partial charge in [-0.3, -0.25) is 4.57 Å². The quantitative estimate of drug-likeness (QED) is 0.305. The predicted octanol–water partition coefficient (Wildman–Crippen LogP) is 9.95. The highest BCUT2D eigenvalue weighted by Crippen LogP contribution is 2.65. The lowest BCUT2D eigenvalue weighted by Gasteiger charge is -2.43. The van der Waals surface area contributed by atoms with Gasteiger partial charge in [-0.15, -0.1) is 0 Å². The van der Waals surface area contributed by atoms with E-state index in [1.165, 1.54) is 12.8 Å². The number of hydrogen-bond donors (Lipinski definition) is 1. The molecule has 0 saturated heterocycles. The average molecular weight is 540 g/mol. The van der Waals surface area contributed by atoms with Gasteiger partial charge < -0.3 is 14.4 Å². The molecule has 2 saturated carbocycles. The van der Waals surface area contributed by atoms with Gasteiger partial charge in [-0.25, -0.2) is 0 Å². The minimum atomic E-state index is -3.67. The van der Waals surface area contributed by atoms with Gasteiger partial charge in [0.05, 0.1) is 12.2 Å². The standard InChI is InChI=1S/C33H50NO3P/c1-23(2)29-19-17-25(5)21-31(29)36-38(35,37-32-22-26(6)18-20-30(32)24(3)4)33(27-13-9-7-10-14-27)34-28-15-11-8-12-16-28/h7-16,23-26,29-34H,17-22H2,1-6H3/t25-,26+,29-,30-,31-,32-,33+,38?/m1/s1. The van der Waals surface area contributed by atoms with Gasteiger partial charge in [0, 0.05) is 5.69 Å². The minimum absolute atomic E-state index is 0.0770. The second kappa shape index (κ2) is 13.2. The van der Waals surface area contributed by atoms with Crippen LogP contribution in [0.2, 0.25) is 0 Å². The van der Waals surface area contributed by atoms with Crippen molar-refractivity contribution in [2.75, 3.05) is 5.32 Å². The van der Waals surface area contributed by atoms with Crippen LogP contribution in [0.4, 0.5) is 5.69 Å². The fraction of sp³-hybridized carbons (Fsp3) is 0.636. The molecular formula is C33H50NO3P. The Balaban J connectivity index is 1.76. The van der Waals surface area contributed by atoms with Crippen LogP contribution in [0.5, 0.6) is 0 Å². The third-order valence-electron chi connectivity index (χ3n) is 9.00. The summed E-state index contributed by atoms with van der Waals surface area (Å²) in [5.74, 6) is 2.22. The van der Waals surface area contributed by atoms with Crippen molar-refractivity contribution in [1.82, 2.24) is 0 Å². The molecule has 2 fully saturated rings. The van der Waals surface area contributed by atoms with Gasteiger partial charge in [0.25, 0.3) is 0 Å². The van der Waals surface area contributed by atoms with Gasteiger partial charge in [0.2, 0.25) is 0 Å². The highest BCUT2D eigenvalue weighted by molar-refractivity contribution is 7.54. The molecule has 4 rings (SSSR count). The number of para-hydroxylation sites is 1. The normalized spacial score (nSPS) is 30.6. The molecule has 2 aliphatic carbocycles. The first kappa shape index (κ1) is 29.4. The molecule has 2 aromatic rings. The van der Waals surface area contributed by atoms with E-state index in [0.29, 0.717) is 35.5 Å². The maximum atomic E-state index is 15.5. The largest absolute Gasteiger partial charge is 0.368 e. The number of anilines is 1. The van der Waals surface area contributed by atoms with E-state index in [0.717, 1.165) is 36.9 Å². The van der Waals surface area contributed by atoms with Gasteiger partial charge in [0.1, 0.15) is 0 Å². The summed E-state index contributed by atoms with van der Waals surface area (Å²) in [6.07, 6.45) is 6.33. The molecule has 8 atom stereocenters. The van der Waals surface area contributed by atoms with E-state index in [1.807, 2.05) is 60.7 Å². The van der Waals surface area contributed by atoms with Crippen molar-refractivity contribution in [2.24, 2.45) is 35.5 Å². The van der Waals surface area contributed by atoms with E-state index in [4.69, 9.17) is 9.05 Å². The van der Waals surface area contributed by atoms with E-state index in [2.05, 4.69) is 46.9 Å². The molecule has 2 aliphatic rings. The van der Waals surface area contributed by atoms with Gasteiger partial charge in [-0.1, -0.05) is 103 Å². The van der Waals surface area contributed by atoms with Crippen molar-refractivity contribution in [3.63, 3.8) is 0 Å². The maximum Gasteiger partial charge on any atom is 0.357 e. The van der Waals surface area contributed by atoms with Gasteiger partial charge in [-0.2, -0.15) is 0 Å². The lowest BCUT2D eigenvalue weighted by Crippen LogP contribution is -2.37. The Kier molecular flexibility index (Phi) is 10.2. The molecule has 1 N–H and O–H groups in total. The minimum Gasteiger partial charge on any atom is -0.368 e. The van der Waals surface area contributed by atoms with Crippen LogP contribution < -0.4 is 5.32 Å². The van der Waals surface area contributed by atoms with Crippen molar-refractivity contribution in [3.05, 3.63) is 66.2 Å². The zero-order valence-corrected chi connectivity index (χ0v) is 25.3. The highest BCUT2D eigenvalue weighted by atomic mass is 31.2. The molecule has 0 spiro atoms. The van der Waals surface area contributed by atoms with Crippen LogP contribution in [-0.2, 0) is 13.6 Å². The summed E-state index contributed by atoms with van der Waals surface area (Å²) in [6, 6.07) is 20.2. The molecule has 0 aliphatic heterocycles. The first-order valence-corrected chi connectivity index (χ1v) is 16.6. The summed E-state index contributed by atoms with van der Waals surface area (Å²) in [6.45, 7) is 13.7. The van der Waals surface area contributed by atoms with Crippen LogP contribution in [-0.4, -0.2) is 12.2 Å². The van der Waals surface area contributed by atoms with Crippen molar-refractivity contribution in [2.45, 2.75) is 98.1 Å². The number of rotatable bonds is 10. The first-order chi connectivity index (χ1) is 18.2. The van der Waals surface area contributed by atoms with E-state index in [-0.39, 0.29) is 12.2 Å². The first-order valence-electron chi connectivity index (χ1n) is 15.0. The fourth-order valence-corrected chi connectivity index (χ4v) is 9.05. The molecule has 2 aromatic carbocycles. The van der Waals surface area contributed by atoms with Crippen LogP contribution in [0.3, 0.4) is 0 Å². The average Bonchev–Trinajstić information content (AvgIpc) is 2.88. The second-order valence-corrected chi connectivity index (χ2v) is 14.8. The van der Waals surface area contributed by atoms with Crippen molar-refractivity contribution < 1.29 is 13.6 Å². The summed E-state index contributed by atoms with van der Waals surface area (Å²) >= 11 is 0. The molecule has 210 valence electrons. The van der Waals surface area contributed by atoms with Crippen molar-refractivity contribution >= 4 is 13.3 Å². The van der Waals surface area contributed by atoms with Crippen LogP contribution in [0, 0.1) is 35.5 Å². The second-order valence-electron chi connectivity index (χ2n) is 12.8. The summed E-state index contributed by atoms with van der Waals surface area (Å²) in [5, 5.41) is 3.61. The van der Waals surface area contributed by atoms with Crippen LogP contribution in [0.15, 0.2) is 60.7 Å². The predicted molar refractivity (Wildman–Crippen MR) is 159 cm³/mol. The Labute approximate surface area is 231 Å². The number of nitrogens with one attached hydrogen (secondary N) is 1. The lowest BCUT2D eigenvalue weighted by molar-refractivity contribution is -0.00541. The summed E-state index contributed by atoms with van der Waals surface area (Å²) in [7, 11) is -3.67. The van der Waals surface area contributed by atoms with Crippen LogP contribution >= 0.6 is 7.60 Å². The van der Waals surface area contributed by atoms with Crippen molar-refractivity contribution in [1.29, 1.82) is 0 Å². The zero-order valence-electron chi connectivity index (χ0n) is 24.4.